The molecule has 0 bridgehead atoms. The first-order valence-electron chi connectivity index (χ1n) is 7.90. The molecule has 128 valence electrons. The van der Waals surface area contributed by atoms with Gasteiger partial charge in [0.25, 0.3) is 0 Å². The number of aryl methyl sites for hydroxylation is 2. The highest BCUT2D eigenvalue weighted by Gasteiger charge is 2.19. The van der Waals surface area contributed by atoms with Crippen molar-refractivity contribution in [3.63, 3.8) is 0 Å². The van der Waals surface area contributed by atoms with Crippen LogP contribution < -0.4 is 4.72 Å². The maximum absolute atomic E-state index is 12.5. The van der Waals surface area contributed by atoms with E-state index in [0.717, 1.165) is 18.4 Å². The molecule has 0 amide bonds. The van der Waals surface area contributed by atoms with E-state index in [-0.39, 0.29) is 11.8 Å². The van der Waals surface area contributed by atoms with Gasteiger partial charge in [-0.25, -0.2) is 13.1 Å². The standard InChI is InChI=1S/C18H19Cl2NO2S/c1-12(14-6-5-13-3-2-4-15(13)9-14)21-24(22,23)11-16-7-8-17(19)10-18(16)20/h5-10,12,21H,2-4,11H2,1H3/t12-/m1/s1. The van der Waals surface area contributed by atoms with Crippen LogP contribution in [0, 0.1) is 0 Å². The fourth-order valence-corrected chi connectivity index (χ4v) is 5.06. The molecule has 0 unspecified atom stereocenters. The minimum absolute atomic E-state index is 0.168. The van der Waals surface area contributed by atoms with Gasteiger partial charge in [0.1, 0.15) is 0 Å². The molecule has 0 spiro atoms. The third kappa shape index (κ3) is 4.12. The van der Waals surface area contributed by atoms with Crippen molar-refractivity contribution in [1.82, 2.24) is 4.72 Å². The lowest BCUT2D eigenvalue weighted by Crippen LogP contribution is -2.28. The lowest BCUT2D eigenvalue weighted by atomic mass is 10.0. The summed E-state index contributed by atoms with van der Waals surface area (Å²) in [5.41, 5.74) is 4.23. The second-order valence-electron chi connectivity index (χ2n) is 6.22. The van der Waals surface area contributed by atoms with Crippen molar-refractivity contribution in [2.24, 2.45) is 0 Å². The Morgan fingerprint density at radius 1 is 1.08 bits per heavy atom. The second-order valence-corrected chi connectivity index (χ2v) is 8.81. The maximum atomic E-state index is 12.5. The number of nitrogens with one attached hydrogen (secondary N) is 1. The van der Waals surface area contributed by atoms with Gasteiger partial charge in [0.2, 0.25) is 10.0 Å². The Bertz CT molecular complexity index is 865. The summed E-state index contributed by atoms with van der Waals surface area (Å²) in [6.07, 6.45) is 3.36. The molecular formula is C18H19Cl2NO2S. The van der Waals surface area contributed by atoms with Gasteiger partial charge >= 0.3 is 0 Å². The predicted octanol–water partition coefficient (Wildman–Crippen LogP) is 4.66. The molecule has 2 aromatic carbocycles. The molecule has 1 aliphatic rings. The zero-order valence-electron chi connectivity index (χ0n) is 13.4. The molecular weight excluding hydrogens is 365 g/mol. The third-order valence-corrected chi connectivity index (χ3v) is 6.33. The van der Waals surface area contributed by atoms with E-state index in [1.165, 1.54) is 17.5 Å². The molecule has 1 N–H and O–H groups in total. The van der Waals surface area contributed by atoms with Gasteiger partial charge in [-0.15, -0.1) is 0 Å². The molecule has 24 heavy (non-hydrogen) atoms. The first-order valence-corrected chi connectivity index (χ1v) is 10.3. The zero-order chi connectivity index (χ0) is 17.3. The first-order chi connectivity index (χ1) is 11.3. The molecule has 1 aliphatic carbocycles. The van der Waals surface area contributed by atoms with Crippen LogP contribution in [-0.4, -0.2) is 8.42 Å². The van der Waals surface area contributed by atoms with E-state index in [2.05, 4.69) is 16.9 Å². The van der Waals surface area contributed by atoms with E-state index >= 15 is 0 Å². The molecule has 3 rings (SSSR count). The Labute approximate surface area is 153 Å². The van der Waals surface area contributed by atoms with Crippen molar-refractivity contribution in [2.75, 3.05) is 0 Å². The van der Waals surface area contributed by atoms with Crippen molar-refractivity contribution in [3.05, 3.63) is 68.7 Å². The van der Waals surface area contributed by atoms with E-state index < -0.39 is 10.0 Å². The summed E-state index contributed by atoms with van der Waals surface area (Å²) in [5.74, 6) is -0.168. The molecule has 1 atom stereocenters. The van der Waals surface area contributed by atoms with Crippen LogP contribution in [0.25, 0.3) is 0 Å². The lowest BCUT2D eigenvalue weighted by Gasteiger charge is -2.16. The number of sulfonamides is 1. The van der Waals surface area contributed by atoms with Crippen molar-refractivity contribution in [3.8, 4) is 0 Å². The Hall–Kier alpha value is -1.07. The van der Waals surface area contributed by atoms with Crippen molar-refractivity contribution in [2.45, 2.75) is 38.0 Å². The van der Waals surface area contributed by atoms with Gasteiger partial charge in [-0.2, -0.15) is 0 Å². The van der Waals surface area contributed by atoms with E-state index in [1.54, 1.807) is 18.2 Å². The van der Waals surface area contributed by atoms with E-state index in [4.69, 9.17) is 23.2 Å². The van der Waals surface area contributed by atoms with Crippen LogP contribution in [0.15, 0.2) is 36.4 Å². The van der Waals surface area contributed by atoms with Gasteiger partial charge in [-0.3, -0.25) is 0 Å². The molecule has 6 heteroatoms. The Kier molecular flexibility index (Phi) is 5.21. The summed E-state index contributed by atoms with van der Waals surface area (Å²) < 4.78 is 27.6. The fraction of sp³-hybridized carbons (Fsp3) is 0.333. The van der Waals surface area contributed by atoms with Crippen LogP contribution in [0.4, 0.5) is 0 Å². The summed E-state index contributed by atoms with van der Waals surface area (Å²) in [5, 5.41) is 0.846. The van der Waals surface area contributed by atoms with Crippen LogP contribution in [0.2, 0.25) is 10.0 Å². The summed E-state index contributed by atoms with van der Waals surface area (Å²) in [6, 6.07) is 10.8. The van der Waals surface area contributed by atoms with Crippen molar-refractivity contribution in [1.29, 1.82) is 0 Å². The third-order valence-electron chi connectivity index (χ3n) is 4.34. The second kappa shape index (κ2) is 7.04. The Morgan fingerprint density at radius 2 is 1.83 bits per heavy atom. The SMILES string of the molecule is C[C@@H](NS(=O)(=O)Cc1ccc(Cl)cc1Cl)c1ccc2c(c1)CCC2. The van der Waals surface area contributed by atoms with Gasteiger partial charge in [0.15, 0.2) is 0 Å². The highest BCUT2D eigenvalue weighted by Crippen LogP contribution is 2.27. The number of halogens is 2. The Morgan fingerprint density at radius 3 is 2.58 bits per heavy atom. The lowest BCUT2D eigenvalue weighted by molar-refractivity contribution is 0.566. The van der Waals surface area contributed by atoms with Crippen LogP contribution in [-0.2, 0) is 28.6 Å². The molecule has 0 saturated carbocycles. The summed E-state index contributed by atoms with van der Waals surface area (Å²) in [6.45, 7) is 1.86. The zero-order valence-corrected chi connectivity index (χ0v) is 15.7. The molecule has 0 aliphatic heterocycles. The van der Waals surface area contributed by atoms with Gasteiger partial charge < -0.3 is 0 Å². The maximum Gasteiger partial charge on any atom is 0.216 e. The summed E-state index contributed by atoms with van der Waals surface area (Å²) in [4.78, 5) is 0. The number of hydrogen-bond acceptors (Lipinski definition) is 2. The first kappa shape index (κ1) is 17.7. The molecule has 0 aromatic heterocycles. The van der Waals surface area contributed by atoms with E-state index in [9.17, 15) is 8.42 Å². The monoisotopic (exact) mass is 383 g/mol. The van der Waals surface area contributed by atoms with Crippen LogP contribution in [0.5, 0.6) is 0 Å². The average molecular weight is 384 g/mol. The normalized spacial score (nSPS) is 15.3. The fourth-order valence-electron chi connectivity index (χ4n) is 3.08. The van der Waals surface area contributed by atoms with Gasteiger partial charge in [-0.05, 0) is 60.6 Å². The predicted molar refractivity (Wildman–Crippen MR) is 99.1 cm³/mol. The summed E-state index contributed by atoms with van der Waals surface area (Å²) >= 11 is 11.9. The van der Waals surface area contributed by atoms with Gasteiger partial charge in [-0.1, -0.05) is 47.5 Å². The van der Waals surface area contributed by atoms with Gasteiger partial charge in [0, 0.05) is 16.1 Å². The smallest absolute Gasteiger partial charge is 0.212 e. The van der Waals surface area contributed by atoms with E-state index in [1.807, 2.05) is 13.0 Å². The minimum atomic E-state index is -3.51. The number of hydrogen-bond donors (Lipinski definition) is 1. The summed E-state index contributed by atoms with van der Waals surface area (Å²) in [7, 11) is -3.51. The number of fused-ring (bicyclic) bond motifs is 1. The Balaban J connectivity index is 1.74. The largest absolute Gasteiger partial charge is 0.216 e. The van der Waals surface area contributed by atoms with Crippen LogP contribution in [0.3, 0.4) is 0 Å². The van der Waals surface area contributed by atoms with Crippen LogP contribution >= 0.6 is 23.2 Å². The van der Waals surface area contributed by atoms with Crippen molar-refractivity contribution >= 4 is 33.2 Å². The minimum Gasteiger partial charge on any atom is -0.212 e. The number of benzene rings is 2. The highest BCUT2D eigenvalue weighted by atomic mass is 35.5. The quantitative estimate of drug-likeness (QED) is 0.815. The van der Waals surface area contributed by atoms with Gasteiger partial charge in [0.05, 0.1) is 5.75 Å². The highest BCUT2D eigenvalue weighted by molar-refractivity contribution is 7.88. The molecule has 0 fully saturated rings. The molecule has 0 heterocycles. The average Bonchev–Trinajstić information content (AvgIpc) is 2.97. The molecule has 0 saturated heterocycles. The molecule has 2 aromatic rings. The van der Waals surface area contributed by atoms with Crippen LogP contribution in [0.1, 0.15) is 41.6 Å². The van der Waals surface area contributed by atoms with E-state index in [0.29, 0.717) is 15.6 Å². The number of rotatable bonds is 5. The topological polar surface area (TPSA) is 46.2 Å². The van der Waals surface area contributed by atoms with Crippen molar-refractivity contribution < 1.29 is 8.42 Å². The molecule has 3 nitrogen and oxygen atoms in total. The molecule has 0 radical (unpaired) electrons.